The molecule has 1 atom stereocenters. The van der Waals surface area contributed by atoms with Crippen molar-refractivity contribution in [3.63, 3.8) is 0 Å². The molecule has 0 radical (unpaired) electrons. The lowest BCUT2D eigenvalue weighted by atomic mass is 9.93. The molecule has 1 N–H and O–H groups in total. The first kappa shape index (κ1) is 11.9. The first-order chi connectivity index (χ1) is 8.74. The second kappa shape index (κ2) is 4.87. The number of rotatable bonds is 2. The number of aliphatic hydroxyl groups excluding tert-OH is 1. The number of benzene rings is 2. The fraction of sp³-hybridized carbons (Fsp3) is 0.250. The van der Waals surface area contributed by atoms with Crippen LogP contribution in [-0.2, 0) is 12.8 Å². The molecule has 0 saturated carbocycles. The minimum atomic E-state index is -0.370. The van der Waals surface area contributed by atoms with E-state index in [9.17, 15) is 5.11 Å². The van der Waals surface area contributed by atoms with Gasteiger partial charge in [-0.2, -0.15) is 0 Å². The summed E-state index contributed by atoms with van der Waals surface area (Å²) in [6.45, 7) is 0. The third kappa shape index (κ3) is 2.23. The molecule has 0 fully saturated rings. The molecule has 0 aliphatic heterocycles. The smallest absolute Gasteiger partial charge is 0.0824 e. The summed E-state index contributed by atoms with van der Waals surface area (Å²) in [7, 11) is 0. The molecule has 0 heterocycles. The third-order valence-corrected chi connectivity index (χ3v) is 4.27. The fourth-order valence-corrected chi connectivity index (χ4v) is 3.01. The first-order valence-corrected chi connectivity index (χ1v) is 7.03. The van der Waals surface area contributed by atoms with Crippen molar-refractivity contribution in [2.75, 3.05) is 0 Å². The van der Waals surface area contributed by atoms with Gasteiger partial charge in [0.05, 0.1) is 6.10 Å². The monoisotopic (exact) mass is 302 g/mol. The van der Waals surface area contributed by atoms with Crippen LogP contribution in [0.2, 0.25) is 0 Å². The average Bonchev–Trinajstić information content (AvgIpc) is 2.82. The van der Waals surface area contributed by atoms with Crippen LogP contribution in [-0.4, -0.2) is 5.11 Å². The average molecular weight is 303 g/mol. The summed E-state index contributed by atoms with van der Waals surface area (Å²) >= 11 is 3.42. The second-order valence-corrected chi connectivity index (χ2v) is 5.85. The van der Waals surface area contributed by atoms with E-state index in [1.165, 1.54) is 11.1 Å². The van der Waals surface area contributed by atoms with Crippen LogP contribution in [0.1, 0.15) is 22.8 Å². The van der Waals surface area contributed by atoms with Gasteiger partial charge in [-0.1, -0.05) is 52.3 Å². The minimum absolute atomic E-state index is 0.309. The lowest BCUT2D eigenvalue weighted by Crippen LogP contribution is -2.12. The van der Waals surface area contributed by atoms with Gasteiger partial charge in [-0.05, 0) is 47.6 Å². The van der Waals surface area contributed by atoms with Crippen molar-refractivity contribution < 1.29 is 5.11 Å². The number of hydrogen-bond acceptors (Lipinski definition) is 1. The summed E-state index contributed by atoms with van der Waals surface area (Å²) in [6.07, 6.45) is 1.59. The molecule has 2 aromatic rings. The van der Waals surface area contributed by atoms with Crippen LogP contribution < -0.4 is 0 Å². The van der Waals surface area contributed by atoms with Gasteiger partial charge in [0.2, 0.25) is 0 Å². The molecule has 3 rings (SSSR count). The van der Waals surface area contributed by atoms with Gasteiger partial charge < -0.3 is 5.11 Å². The quantitative estimate of drug-likeness (QED) is 0.892. The maximum atomic E-state index is 10.5. The van der Waals surface area contributed by atoms with E-state index in [1.807, 2.05) is 24.3 Å². The maximum absolute atomic E-state index is 10.5. The van der Waals surface area contributed by atoms with Crippen LogP contribution in [0.4, 0.5) is 0 Å². The van der Waals surface area contributed by atoms with E-state index < -0.39 is 0 Å². The van der Waals surface area contributed by atoms with Crippen LogP contribution in [0, 0.1) is 5.92 Å². The molecular weight excluding hydrogens is 288 g/mol. The Kier molecular flexibility index (Phi) is 3.23. The van der Waals surface area contributed by atoms with Gasteiger partial charge in [-0.3, -0.25) is 0 Å². The molecule has 2 aromatic carbocycles. The molecule has 1 aliphatic carbocycles. The molecule has 0 amide bonds. The Labute approximate surface area is 116 Å². The van der Waals surface area contributed by atoms with Crippen molar-refractivity contribution in [3.05, 3.63) is 69.7 Å². The van der Waals surface area contributed by atoms with Crippen molar-refractivity contribution in [2.24, 2.45) is 5.92 Å². The Morgan fingerprint density at radius 3 is 2.06 bits per heavy atom. The summed E-state index contributed by atoms with van der Waals surface area (Å²) in [6, 6.07) is 16.5. The Balaban J connectivity index is 1.80. The molecule has 92 valence electrons. The number of fused-ring (bicyclic) bond motifs is 1. The zero-order valence-electron chi connectivity index (χ0n) is 10.0. The molecule has 1 unspecified atom stereocenters. The molecular formula is C16H15BrO. The van der Waals surface area contributed by atoms with Crippen molar-refractivity contribution in [1.82, 2.24) is 0 Å². The summed E-state index contributed by atoms with van der Waals surface area (Å²) in [5.41, 5.74) is 3.79. The highest BCUT2D eigenvalue weighted by atomic mass is 79.9. The van der Waals surface area contributed by atoms with Gasteiger partial charge in [0.1, 0.15) is 0 Å². The normalized spacial score (nSPS) is 16.6. The predicted octanol–water partition coefficient (Wildman–Crippen LogP) is 3.90. The summed E-state index contributed by atoms with van der Waals surface area (Å²) in [5.74, 6) is 0.309. The minimum Gasteiger partial charge on any atom is -0.388 e. The molecule has 2 heteroatoms. The van der Waals surface area contributed by atoms with Crippen LogP contribution >= 0.6 is 15.9 Å². The first-order valence-electron chi connectivity index (χ1n) is 6.24. The van der Waals surface area contributed by atoms with E-state index in [2.05, 4.69) is 40.2 Å². The van der Waals surface area contributed by atoms with Gasteiger partial charge >= 0.3 is 0 Å². The van der Waals surface area contributed by atoms with E-state index in [0.717, 1.165) is 22.9 Å². The van der Waals surface area contributed by atoms with Gasteiger partial charge in [-0.25, -0.2) is 0 Å². The van der Waals surface area contributed by atoms with E-state index in [-0.39, 0.29) is 6.10 Å². The molecule has 0 spiro atoms. The second-order valence-electron chi connectivity index (χ2n) is 4.93. The van der Waals surface area contributed by atoms with Gasteiger partial charge in [-0.15, -0.1) is 0 Å². The zero-order valence-corrected chi connectivity index (χ0v) is 11.6. The van der Waals surface area contributed by atoms with Gasteiger partial charge in [0.15, 0.2) is 0 Å². The van der Waals surface area contributed by atoms with E-state index >= 15 is 0 Å². The van der Waals surface area contributed by atoms with E-state index in [4.69, 9.17) is 0 Å². The summed E-state index contributed by atoms with van der Waals surface area (Å²) in [4.78, 5) is 0. The van der Waals surface area contributed by atoms with Crippen molar-refractivity contribution in [3.8, 4) is 0 Å². The molecule has 0 aromatic heterocycles. The Bertz CT molecular complexity index is 522. The Hall–Kier alpha value is -1.12. The Morgan fingerprint density at radius 1 is 0.944 bits per heavy atom. The van der Waals surface area contributed by atoms with Crippen LogP contribution in [0.15, 0.2) is 53.0 Å². The summed E-state index contributed by atoms with van der Waals surface area (Å²) < 4.78 is 1.05. The van der Waals surface area contributed by atoms with Gasteiger partial charge in [0.25, 0.3) is 0 Å². The zero-order chi connectivity index (χ0) is 12.5. The third-order valence-electron chi connectivity index (χ3n) is 3.74. The van der Waals surface area contributed by atoms with Crippen LogP contribution in [0.25, 0.3) is 0 Å². The lowest BCUT2D eigenvalue weighted by Gasteiger charge is -2.18. The summed E-state index contributed by atoms with van der Waals surface area (Å²) in [5, 5.41) is 10.5. The fourth-order valence-electron chi connectivity index (χ4n) is 2.75. The van der Waals surface area contributed by atoms with Crippen molar-refractivity contribution in [1.29, 1.82) is 0 Å². The van der Waals surface area contributed by atoms with Crippen molar-refractivity contribution in [2.45, 2.75) is 18.9 Å². The predicted molar refractivity (Wildman–Crippen MR) is 76.4 cm³/mol. The number of aliphatic hydroxyl groups is 1. The largest absolute Gasteiger partial charge is 0.388 e. The lowest BCUT2D eigenvalue weighted by molar-refractivity contribution is 0.113. The molecule has 1 nitrogen and oxygen atoms in total. The molecule has 18 heavy (non-hydrogen) atoms. The van der Waals surface area contributed by atoms with E-state index in [1.54, 1.807) is 0 Å². The molecule has 0 bridgehead atoms. The number of halogens is 1. The topological polar surface area (TPSA) is 20.2 Å². The van der Waals surface area contributed by atoms with Crippen molar-refractivity contribution >= 4 is 15.9 Å². The molecule has 1 aliphatic rings. The number of hydrogen-bond donors (Lipinski definition) is 1. The standard InChI is InChI=1S/C16H15BrO/c17-15-7-5-11(6-8-15)16(18)14-9-12-3-1-2-4-13(12)10-14/h1-8,14,16,18H,9-10H2. The highest BCUT2D eigenvalue weighted by Gasteiger charge is 2.27. The van der Waals surface area contributed by atoms with Crippen LogP contribution in [0.5, 0.6) is 0 Å². The Morgan fingerprint density at radius 2 is 1.50 bits per heavy atom. The SMILES string of the molecule is OC(c1ccc(Br)cc1)C1Cc2ccccc2C1. The van der Waals surface area contributed by atoms with Gasteiger partial charge in [0, 0.05) is 4.47 Å². The maximum Gasteiger partial charge on any atom is 0.0824 e. The highest BCUT2D eigenvalue weighted by Crippen LogP contribution is 2.35. The molecule has 0 saturated heterocycles. The van der Waals surface area contributed by atoms with Crippen LogP contribution in [0.3, 0.4) is 0 Å². The highest BCUT2D eigenvalue weighted by molar-refractivity contribution is 9.10. The van der Waals surface area contributed by atoms with E-state index in [0.29, 0.717) is 5.92 Å².